The zero-order chi connectivity index (χ0) is 25.2. The topological polar surface area (TPSA) is 80.5 Å². The van der Waals surface area contributed by atoms with Gasteiger partial charge in [0.05, 0.1) is 24.4 Å². The number of anilines is 1. The van der Waals surface area contributed by atoms with Crippen molar-refractivity contribution < 1.29 is 14.1 Å². The Morgan fingerprint density at radius 1 is 1.03 bits per heavy atom. The molecule has 1 N–H and O–H groups in total. The minimum absolute atomic E-state index is 0.216. The van der Waals surface area contributed by atoms with Crippen molar-refractivity contribution in [2.45, 2.75) is 24.8 Å². The number of urea groups is 1. The van der Waals surface area contributed by atoms with Crippen LogP contribution in [0.15, 0.2) is 87.9 Å². The lowest BCUT2D eigenvalue weighted by Crippen LogP contribution is -2.46. The third-order valence-corrected chi connectivity index (χ3v) is 6.95. The van der Waals surface area contributed by atoms with E-state index in [9.17, 15) is 4.79 Å². The lowest BCUT2D eigenvalue weighted by molar-refractivity contribution is 0.244. The molecule has 2 amide bonds. The van der Waals surface area contributed by atoms with E-state index >= 15 is 0 Å². The number of aryl methyl sites for hydroxylation is 1. The molecule has 1 aliphatic rings. The first-order valence-corrected chi connectivity index (χ1v) is 12.7. The van der Waals surface area contributed by atoms with Gasteiger partial charge in [-0.05, 0) is 62.1 Å². The lowest BCUT2D eigenvalue weighted by atomic mass is 9.94. The summed E-state index contributed by atoms with van der Waals surface area (Å²) in [5.41, 5.74) is 5.05. The number of ether oxygens (including phenoxy) is 1. The molecule has 3 aromatic carbocycles. The summed E-state index contributed by atoms with van der Waals surface area (Å²) in [7, 11) is 1.62. The molecule has 0 radical (unpaired) electrons. The number of hydrogen-bond acceptors (Lipinski definition) is 6. The van der Waals surface area contributed by atoms with Gasteiger partial charge >= 0.3 is 6.03 Å². The van der Waals surface area contributed by atoms with Gasteiger partial charge in [0, 0.05) is 16.2 Å². The van der Waals surface area contributed by atoms with Crippen LogP contribution in [0.1, 0.15) is 30.0 Å². The number of thioether (sulfide) groups is 1. The van der Waals surface area contributed by atoms with Gasteiger partial charge in [-0.15, -0.1) is 11.8 Å². The van der Waals surface area contributed by atoms with Crippen molar-refractivity contribution in [2.24, 2.45) is 0 Å². The van der Waals surface area contributed by atoms with Crippen LogP contribution in [-0.4, -0.2) is 29.5 Å². The normalized spacial score (nSPS) is 15.7. The summed E-state index contributed by atoms with van der Waals surface area (Å²) in [5.74, 6) is 1.50. The van der Waals surface area contributed by atoms with Crippen LogP contribution in [0.3, 0.4) is 0 Å². The molecule has 5 rings (SSSR count). The van der Waals surface area contributed by atoms with Gasteiger partial charge < -0.3 is 14.6 Å². The molecule has 7 nitrogen and oxygen atoms in total. The summed E-state index contributed by atoms with van der Waals surface area (Å²) in [6, 6.07) is 22.8. The smallest absolute Gasteiger partial charge is 0.326 e. The minimum Gasteiger partial charge on any atom is -0.497 e. The molecule has 4 aromatic rings. The van der Waals surface area contributed by atoms with Gasteiger partial charge in [0.2, 0.25) is 5.82 Å². The SMILES string of the molecule is COc1cccc(-c2noc(C3=C(C)N(c4ccc(C)cc4)C(=O)NC3c3ccc(SC)cc3)n2)c1. The highest BCUT2D eigenvalue weighted by atomic mass is 32.2. The second kappa shape index (κ2) is 9.91. The number of nitrogens with one attached hydrogen (secondary N) is 1. The summed E-state index contributed by atoms with van der Waals surface area (Å²) in [6.45, 7) is 3.92. The number of carbonyl (C=O) groups excluding carboxylic acids is 1. The summed E-state index contributed by atoms with van der Waals surface area (Å²) in [4.78, 5) is 20.9. The highest BCUT2D eigenvalue weighted by molar-refractivity contribution is 7.98. The number of amides is 2. The molecule has 1 aromatic heterocycles. The molecule has 8 heteroatoms. The highest BCUT2D eigenvalue weighted by Gasteiger charge is 2.36. The van der Waals surface area contributed by atoms with Crippen molar-refractivity contribution in [3.63, 3.8) is 0 Å². The predicted octanol–water partition coefficient (Wildman–Crippen LogP) is 6.48. The van der Waals surface area contributed by atoms with E-state index in [1.165, 1.54) is 0 Å². The van der Waals surface area contributed by atoms with Gasteiger partial charge in [0.1, 0.15) is 5.75 Å². The van der Waals surface area contributed by atoms with Gasteiger partial charge in [-0.3, -0.25) is 4.90 Å². The zero-order valence-corrected chi connectivity index (χ0v) is 21.3. The maximum absolute atomic E-state index is 13.4. The minimum atomic E-state index is -0.450. The molecule has 36 heavy (non-hydrogen) atoms. The molecular weight excluding hydrogens is 472 g/mol. The first-order chi connectivity index (χ1) is 17.5. The number of methoxy groups -OCH3 is 1. The largest absolute Gasteiger partial charge is 0.497 e. The Morgan fingerprint density at radius 3 is 2.47 bits per heavy atom. The number of aromatic nitrogens is 2. The van der Waals surface area contributed by atoms with Gasteiger partial charge in [-0.25, -0.2) is 4.79 Å². The number of carbonyl (C=O) groups is 1. The van der Waals surface area contributed by atoms with E-state index in [2.05, 4.69) is 10.5 Å². The average molecular weight is 499 g/mol. The van der Waals surface area contributed by atoms with E-state index in [-0.39, 0.29) is 6.03 Å². The molecule has 182 valence electrons. The van der Waals surface area contributed by atoms with Crippen LogP contribution in [0.2, 0.25) is 0 Å². The van der Waals surface area contributed by atoms with Crippen LogP contribution < -0.4 is 15.0 Å². The summed E-state index contributed by atoms with van der Waals surface area (Å²) < 4.78 is 11.1. The Morgan fingerprint density at radius 2 is 1.78 bits per heavy atom. The fraction of sp³-hybridized carbons (Fsp3) is 0.179. The summed E-state index contributed by atoms with van der Waals surface area (Å²) >= 11 is 1.67. The highest BCUT2D eigenvalue weighted by Crippen LogP contribution is 2.39. The zero-order valence-electron chi connectivity index (χ0n) is 20.5. The fourth-order valence-corrected chi connectivity index (χ4v) is 4.69. The van der Waals surface area contributed by atoms with Crippen molar-refractivity contribution in [2.75, 3.05) is 18.3 Å². The van der Waals surface area contributed by atoms with Crippen molar-refractivity contribution >= 4 is 29.1 Å². The molecule has 2 heterocycles. The van der Waals surface area contributed by atoms with Crippen LogP contribution in [0.5, 0.6) is 5.75 Å². The summed E-state index contributed by atoms with van der Waals surface area (Å²) in [5, 5.41) is 7.40. The van der Waals surface area contributed by atoms with Crippen molar-refractivity contribution in [3.05, 3.63) is 95.5 Å². The number of hydrogen-bond donors (Lipinski definition) is 1. The maximum Gasteiger partial charge on any atom is 0.326 e. The third-order valence-electron chi connectivity index (χ3n) is 6.21. The van der Waals surface area contributed by atoms with Gasteiger partial charge in [-0.1, -0.05) is 47.1 Å². The predicted molar refractivity (Wildman–Crippen MR) is 142 cm³/mol. The Bertz CT molecular complexity index is 1430. The monoisotopic (exact) mass is 498 g/mol. The first-order valence-electron chi connectivity index (χ1n) is 11.5. The molecule has 1 unspecified atom stereocenters. The second-order valence-corrected chi connectivity index (χ2v) is 9.36. The van der Waals surface area contributed by atoms with E-state index in [0.29, 0.717) is 17.5 Å². The van der Waals surface area contributed by atoms with Crippen LogP contribution in [0.4, 0.5) is 10.5 Å². The molecule has 0 saturated carbocycles. The Balaban J connectivity index is 1.63. The molecule has 0 bridgehead atoms. The fourth-order valence-electron chi connectivity index (χ4n) is 4.28. The standard InChI is InChI=1S/C28H26N4O3S/c1-17-8-12-21(13-9-17)32-18(2)24(25(29-28(32)33)19-10-14-23(36-4)15-11-19)27-30-26(31-35-27)20-6-5-7-22(16-20)34-3/h5-16,25H,1-4H3,(H,29,33). The van der Waals surface area contributed by atoms with Crippen LogP contribution in [0.25, 0.3) is 17.0 Å². The number of benzene rings is 3. The molecule has 0 spiro atoms. The first kappa shape index (κ1) is 23.7. The van der Waals surface area contributed by atoms with E-state index in [1.54, 1.807) is 23.8 Å². The van der Waals surface area contributed by atoms with Crippen molar-refractivity contribution in [1.82, 2.24) is 15.5 Å². The average Bonchev–Trinajstić information content (AvgIpc) is 3.39. The van der Waals surface area contributed by atoms with Gasteiger partial charge in [-0.2, -0.15) is 4.98 Å². The molecule has 0 fully saturated rings. The quantitative estimate of drug-likeness (QED) is 0.307. The Hall–Kier alpha value is -4.04. The van der Waals surface area contributed by atoms with E-state index in [1.807, 2.05) is 92.9 Å². The number of allylic oxidation sites excluding steroid dienone is 1. The van der Waals surface area contributed by atoms with Gasteiger partial charge in [0.15, 0.2) is 0 Å². The second-order valence-electron chi connectivity index (χ2n) is 8.48. The van der Waals surface area contributed by atoms with Crippen LogP contribution in [-0.2, 0) is 0 Å². The Labute approximate surface area is 214 Å². The van der Waals surface area contributed by atoms with Crippen molar-refractivity contribution in [3.8, 4) is 17.1 Å². The molecule has 1 atom stereocenters. The lowest BCUT2D eigenvalue weighted by Gasteiger charge is -2.35. The number of rotatable bonds is 6. The van der Waals surface area contributed by atoms with E-state index < -0.39 is 6.04 Å². The van der Waals surface area contributed by atoms with Gasteiger partial charge in [0.25, 0.3) is 5.89 Å². The summed E-state index contributed by atoms with van der Waals surface area (Å²) in [6.07, 6.45) is 2.03. The maximum atomic E-state index is 13.4. The molecule has 0 saturated heterocycles. The van der Waals surface area contributed by atoms with E-state index in [4.69, 9.17) is 14.2 Å². The Kier molecular flexibility index (Phi) is 6.52. The van der Waals surface area contributed by atoms with Crippen molar-refractivity contribution in [1.29, 1.82) is 0 Å². The van der Waals surface area contributed by atoms with Crippen LogP contribution >= 0.6 is 11.8 Å². The third kappa shape index (κ3) is 4.47. The number of nitrogens with zero attached hydrogens (tertiary/aromatic N) is 3. The van der Waals surface area contributed by atoms with E-state index in [0.717, 1.165) is 38.5 Å². The molecule has 0 aliphatic carbocycles. The molecule has 1 aliphatic heterocycles. The molecular formula is C28H26N4O3S. The van der Waals surface area contributed by atoms with Crippen LogP contribution in [0, 0.1) is 6.92 Å².